The number of imide groups is 1. The van der Waals surface area contributed by atoms with Gasteiger partial charge in [-0.15, -0.1) is 0 Å². The van der Waals surface area contributed by atoms with Crippen molar-refractivity contribution >= 4 is 35.1 Å². The summed E-state index contributed by atoms with van der Waals surface area (Å²) in [5.41, 5.74) is 2.66. The van der Waals surface area contributed by atoms with Crippen LogP contribution in [0, 0.1) is 6.92 Å². The lowest BCUT2D eigenvalue weighted by molar-refractivity contribution is -0.125. The van der Waals surface area contributed by atoms with Gasteiger partial charge in [-0.05, 0) is 49.6 Å². The van der Waals surface area contributed by atoms with Gasteiger partial charge in [-0.1, -0.05) is 30.0 Å². The van der Waals surface area contributed by atoms with E-state index in [1.807, 2.05) is 12.1 Å². The molecule has 3 amide bonds. The summed E-state index contributed by atoms with van der Waals surface area (Å²) in [4.78, 5) is 30.4. The quantitative estimate of drug-likeness (QED) is 0.637. The van der Waals surface area contributed by atoms with Gasteiger partial charge in [0.2, 0.25) is 0 Å². The molecule has 2 aromatic carbocycles. The Morgan fingerprint density at radius 1 is 1.06 bits per heavy atom. The van der Waals surface area contributed by atoms with Gasteiger partial charge in [0.25, 0.3) is 5.91 Å². The Morgan fingerprint density at radius 3 is 2.55 bits per heavy atom. The number of carbonyl (C=O) groups excluding carboxylic acids is 2. The molecule has 1 spiro atoms. The normalized spacial score (nSPS) is 20.8. The van der Waals surface area contributed by atoms with Crippen molar-refractivity contribution in [3.8, 4) is 0 Å². The molecule has 2 aromatic rings. The van der Waals surface area contributed by atoms with Crippen molar-refractivity contribution < 1.29 is 14.7 Å². The van der Waals surface area contributed by atoms with Crippen LogP contribution in [0.4, 0.5) is 16.2 Å². The minimum atomic E-state index is -0.780. The summed E-state index contributed by atoms with van der Waals surface area (Å²) in [7, 11) is 0. The number of anilines is 2. The van der Waals surface area contributed by atoms with Crippen molar-refractivity contribution in [2.24, 2.45) is 0 Å². The third-order valence-corrected chi connectivity index (χ3v) is 7.50. The molecule has 1 unspecified atom stereocenters. The molecule has 0 radical (unpaired) electrons. The molecule has 7 nitrogen and oxygen atoms in total. The fraction of sp³-hybridized carbons (Fsp3) is 0.391. The minimum Gasteiger partial charge on any atom is -0.390 e. The summed E-state index contributed by atoms with van der Waals surface area (Å²) in [6.07, 6.45) is 0.566. The molecule has 3 aliphatic heterocycles. The van der Waals surface area contributed by atoms with E-state index < -0.39 is 17.7 Å². The van der Waals surface area contributed by atoms with Crippen LogP contribution in [0.15, 0.2) is 52.3 Å². The Morgan fingerprint density at radius 2 is 1.81 bits per heavy atom. The number of piperidine rings is 1. The first kappa shape index (κ1) is 20.4. The van der Waals surface area contributed by atoms with Crippen LogP contribution in [0.1, 0.15) is 18.4 Å². The number of hydrogen-bond donors (Lipinski definition) is 3. The topological polar surface area (TPSA) is 84.9 Å². The molecule has 0 saturated carbocycles. The van der Waals surface area contributed by atoms with Gasteiger partial charge in [0.1, 0.15) is 5.54 Å². The van der Waals surface area contributed by atoms with E-state index in [-0.39, 0.29) is 5.91 Å². The van der Waals surface area contributed by atoms with Crippen LogP contribution in [0.2, 0.25) is 0 Å². The third-order valence-electron chi connectivity index (χ3n) is 6.37. The highest BCUT2D eigenvalue weighted by molar-refractivity contribution is 7.99. The van der Waals surface area contributed by atoms with Gasteiger partial charge in [0, 0.05) is 29.4 Å². The minimum absolute atomic E-state index is 0.230. The molecule has 8 heteroatoms. The summed E-state index contributed by atoms with van der Waals surface area (Å²) in [6.45, 7) is 4.42. The van der Waals surface area contributed by atoms with Crippen molar-refractivity contribution in [1.82, 2.24) is 15.5 Å². The number of urea groups is 1. The predicted octanol–water partition coefficient (Wildman–Crippen LogP) is 2.63. The number of benzene rings is 2. The molecular weight excluding hydrogens is 412 g/mol. The zero-order chi connectivity index (χ0) is 21.6. The van der Waals surface area contributed by atoms with Crippen LogP contribution in [0.5, 0.6) is 0 Å². The van der Waals surface area contributed by atoms with Crippen LogP contribution in [0.3, 0.4) is 0 Å². The van der Waals surface area contributed by atoms with Crippen molar-refractivity contribution in [2.75, 3.05) is 31.1 Å². The van der Waals surface area contributed by atoms with E-state index in [4.69, 9.17) is 0 Å². The van der Waals surface area contributed by atoms with Crippen LogP contribution in [0.25, 0.3) is 0 Å². The number of aryl methyl sites for hydroxylation is 1. The average molecular weight is 439 g/mol. The number of nitrogens with zero attached hydrogens (tertiary/aromatic N) is 2. The largest absolute Gasteiger partial charge is 0.390 e. The van der Waals surface area contributed by atoms with Gasteiger partial charge >= 0.3 is 6.03 Å². The number of para-hydroxylation sites is 1. The molecule has 2 saturated heterocycles. The molecule has 162 valence electrons. The first-order valence-electron chi connectivity index (χ1n) is 10.6. The highest BCUT2D eigenvalue weighted by Gasteiger charge is 2.47. The molecule has 3 N–H and O–H groups in total. The molecule has 5 rings (SSSR count). The molecule has 0 bridgehead atoms. The summed E-state index contributed by atoms with van der Waals surface area (Å²) in [5, 5.41) is 16.1. The number of aliphatic hydroxyl groups excluding tert-OH is 1. The lowest BCUT2D eigenvalue weighted by atomic mass is 9.87. The molecule has 3 aliphatic rings. The molecule has 0 aliphatic carbocycles. The maximum atomic E-state index is 12.1. The van der Waals surface area contributed by atoms with Gasteiger partial charge < -0.3 is 20.2 Å². The van der Waals surface area contributed by atoms with E-state index in [1.54, 1.807) is 11.8 Å². The van der Waals surface area contributed by atoms with E-state index in [0.717, 1.165) is 11.4 Å². The van der Waals surface area contributed by atoms with E-state index >= 15 is 0 Å². The number of amides is 3. The Bertz CT molecular complexity index is 1040. The maximum Gasteiger partial charge on any atom is 0.322 e. The Labute approximate surface area is 185 Å². The van der Waals surface area contributed by atoms with Crippen molar-refractivity contribution in [2.45, 2.75) is 41.2 Å². The number of β-amino-alcohol motifs (C(OH)–C–C–N with tert-alkyl or cyclic N) is 1. The zero-order valence-electron chi connectivity index (χ0n) is 17.4. The van der Waals surface area contributed by atoms with Gasteiger partial charge in [-0.25, -0.2) is 4.79 Å². The summed E-state index contributed by atoms with van der Waals surface area (Å²) < 4.78 is 0. The number of nitrogens with one attached hydrogen (secondary N) is 2. The fourth-order valence-electron chi connectivity index (χ4n) is 4.70. The summed E-state index contributed by atoms with van der Waals surface area (Å²) in [6, 6.07) is 14.3. The van der Waals surface area contributed by atoms with E-state index in [0.29, 0.717) is 39.0 Å². The smallest absolute Gasteiger partial charge is 0.322 e. The lowest BCUT2D eigenvalue weighted by Gasteiger charge is -2.39. The van der Waals surface area contributed by atoms with Crippen LogP contribution >= 0.6 is 11.8 Å². The average Bonchev–Trinajstić information content (AvgIpc) is 3.02. The highest BCUT2D eigenvalue weighted by atomic mass is 32.2. The first-order chi connectivity index (χ1) is 14.9. The third kappa shape index (κ3) is 3.79. The fourth-order valence-corrected chi connectivity index (χ4v) is 5.78. The van der Waals surface area contributed by atoms with E-state index in [1.165, 1.54) is 15.4 Å². The second-order valence-electron chi connectivity index (χ2n) is 8.60. The zero-order valence-corrected chi connectivity index (χ0v) is 18.2. The Kier molecular flexibility index (Phi) is 5.16. The highest BCUT2D eigenvalue weighted by Crippen LogP contribution is 2.48. The maximum absolute atomic E-state index is 12.1. The number of rotatable bonds is 4. The molecule has 2 fully saturated rings. The summed E-state index contributed by atoms with van der Waals surface area (Å²) in [5.74, 6) is -0.230. The number of fused-ring (bicyclic) bond motifs is 2. The number of aliphatic hydroxyl groups is 1. The van der Waals surface area contributed by atoms with Gasteiger partial charge in [-0.3, -0.25) is 10.1 Å². The first-order valence-corrected chi connectivity index (χ1v) is 11.4. The van der Waals surface area contributed by atoms with Crippen molar-refractivity contribution in [3.05, 3.63) is 48.0 Å². The monoisotopic (exact) mass is 438 g/mol. The van der Waals surface area contributed by atoms with E-state index in [9.17, 15) is 14.7 Å². The van der Waals surface area contributed by atoms with Gasteiger partial charge in [0.05, 0.1) is 24.0 Å². The SMILES string of the molecule is Cc1ccc2c(c1)N(CC(O)CN1CCC3(CC1)NC(=O)NC3=O)c1ccccc1S2. The molecule has 1 atom stereocenters. The van der Waals surface area contributed by atoms with Crippen LogP contribution in [-0.2, 0) is 4.79 Å². The number of likely N-dealkylation sites (tertiary alicyclic amines) is 1. The lowest BCUT2D eigenvalue weighted by Crippen LogP contribution is -2.56. The van der Waals surface area contributed by atoms with Gasteiger partial charge in [-0.2, -0.15) is 0 Å². The Hall–Kier alpha value is -2.55. The van der Waals surface area contributed by atoms with Gasteiger partial charge in [0.15, 0.2) is 0 Å². The second-order valence-corrected chi connectivity index (χ2v) is 9.68. The van der Waals surface area contributed by atoms with Crippen molar-refractivity contribution in [3.63, 3.8) is 0 Å². The summed E-state index contributed by atoms with van der Waals surface area (Å²) >= 11 is 1.76. The van der Waals surface area contributed by atoms with Crippen LogP contribution in [-0.4, -0.2) is 59.8 Å². The second kappa shape index (κ2) is 7.85. The predicted molar refractivity (Wildman–Crippen MR) is 120 cm³/mol. The number of carbonyl (C=O) groups is 2. The van der Waals surface area contributed by atoms with E-state index in [2.05, 4.69) is 57.7 Å². The van der Waals surface area contributed by atoms with Crippen molar-refractivity contribution in [1.29, 1.82) is 0 Å². The van der Waals surface area contributed by atoms with Crippen LogP contribution < -0.4 is 15.5 Å². The molecular formula is C23H26N4O3S. The molecule has 31 heavy (non-hydrogen) atoms. The molecule has 3 heterocycles. The number of hydrogen-bond acceptors (Lipinski definition) is 6. The Balaban J connectivity index is 1.28. The molecule has 0 aromatic heterocycles. The standard InChI is InChI=1S/C23H26N4O3S/c1-15-6-7-20-18(12-15)27(17-4-2-3-5-19(17)31-20)14-16(28)13-26-10-8-23(9-11-26)21(29)24-22(30)25-23/h2-7,12,16,28H,8-11,13-14H2,1H3,(H2,24,25,29,30).